The molecule has 3 rings (SSSR count). The van der Waals surface area contributed by atoms with Gasteiger partial charge in [0.2, 0.25) is 5.91 Å². The monoisotopic (exact) mass is 370 g/mol. The second-order valence-corrected chi connectivity index (χ2v) is 7.44. The van der Waals surface area contributed by atoms with Crippen LogP contribution in [-0.4, -0.2) is 42.3 Å². The minimum atomic E-state index is -0.245. The molecule has 0 aliphatic rings. The summed E-state index contributed by atoms with van der Waals surface area (Å²) in [5.41, 5.74) is 2.66. The van der Waals surface area contributed by atoms with E-state index in [-0.39, 0.29) is 11.2 Å². The van der Waals surface area contributed by atoms with Crippen LogP contribution in [0, 0.1) is 13.8 Å². The molecule has 26 heavy (non-hydrogen) atoms. The molecule has 0 spiro atoms. The molecule has 1 amide bonds. The number of hydrogen-bond acceptors (Lipinski definition) is 6. The third kappa shape index (κ3) is 4.57. The first-order chi connectivity index (χ1) is 12.5. The maximum atomic E-state index is 12.3. The van der Waals surface area contributed by atoms with Crippen molar-refractivity contribution in [2.75, 3.05) is 6.54 Å². The van der Waals surface area contributed by atoms with Crippen LogP contribution in [0.4, 0.5) is 0 Å². The number of rotatable bonds is 7. The van der Waals surface area contributed by atoms with Crippen molar-refractivity contribution in [3.8, 4) is 0 Å². The summed E-state index contributed by atoms with van der Waals surface area (Å²) in [6.45, 7) is 6.32. The van der Waals surface area contributed by atoms with Crippen molar-refractivity contribution >= 4 is 23.3 Å². The second-order valence-electron chi connectivity index (χ2n) is 6.13. The first-order valence-corrected chi connectivity index (χ1v) is 9.46. The van der Waals surface area contributed by atoms with Gasteiger partial charge in [-0.1, -0.05) is 17.8 Å². The van der Waals surface area contributed by atoms with Crippen molar-refractivity contribution < 1.29 is 4.79 Å². The zero-order valence-corrected chi connectivity index (χ0v) is 16.0. The van der Waals surface area contributed by atoms with E-state index in [1.165, 1.54) is 11.8 Å². The maximum Gasteiger partial charge on any atom is 0.233 e. The van der Waals surface area contributed by atoms with Crippen molar-refractivity contribution in [3.63, 3.8) is 0 Å². The first-order valence-electron chi connectivity index (χ1n) is 8.58. The number of carbonyl (C=O) groups excluding carboxylic acids is 1. The Kier molecular flexibility index (Phi) is 5.82. The Morgan fingerprint density at radius 1 is 1.23 bits per heavy atom. The van der Waals surface area contributed by atoms with Crippen LogP contribution in [-0.2, 0) is 11.2 Å². The standard InChI is InChI=1S/C18H22N6OS/c1-12-11-13(2)21-18(20-12)26-14(3)17(25)19-9-6-8-16-23-22-15-7-4-5-10-24(15)16/h4-5,7,10-11,14H,6,8-9H2,1-3H3,(H,19,25). The molecule has 3 aromatic heterocycles. The summed E-state index contributed by atoms with van der Waals surface area (Å²) in [6.07, 6.45) is 3.51. The van der Waals surface area contributed by atoms with Gasteiger partial charge in [0.25, 0.3) is 0 Å². The van der Waals surface area contributed by atoms with Crippen LogP contribution < -0.4 is 5.32 Å². The number of aryl methyl sites for hydroxylation is 3. The molecule has 0 saturated heterocycles. The van der Waals surface area contributed by atoms with Gasteiger partial charge in [-0.25, -0.2) is 9.97 Å². The molecule has 8 heteroatoms. The normalized spacial score (nSPS) is 12.3. The zero-order valence-electron chi connectivity index (χ0n) is 15.1. The molecule has 1 N–H and O–H groups in total. The molecule has 0 bridgehead atoms. The number of pyridine rings is 1. The van der Waals surface area contributed by atoms with Crippen LogP contribution in [0.5, 0.6) is 0 Å². The average molecular weight is 370 g/mol. The summed E-state index contributed by atoms with van der Waals surface area (Å²) in [6, 6.07) is 7.73. The highest BCUT2D eigenvalue weighted by Gasteiger charge is 2.16. The number of thioether (sulfide) groups is 1. The lowest BCUT2D eigenvalue weighted by Gasteiger charge is -2.11. The molecule has 3 heterocycles. The fraction of sp³-hybridized carbons (Fsp3) is 0.389. The molecule has 7 nitrogen and oxygen atoms in total. The van der Waals surface area contributed by atoms with E-state index >= 15 is 0 Å². The predicted molar refractivity (Wildman–Crippen MR) is 101 cm³/mol. The van der Waals surface area contributed by atoms with Gasteiger partial charge in [-0.15, -0.1) is 10.2 Å². The van der Waals surface area contributed by atoms with Crippen molar-refractivity contribution in [2.24, 2.45) is 0 Å². The largest absolute Gasteiger partial charge is 0.355 e. The SMILES string of the molecule is Cc1cc(C)nc(SC(C)C(=O)NCCCc2nnc3ccccn23)n1. The van der Waals surface area contributed by atoms with Gasteiger partial charge in [-0.3, -0.25) is 9.20 Å². The van der Waals surface area contributed by atoms with Crippen LogP contribution in [0.15, 0.2) is 35.6 Å². The van der Waals surface area contributed by atoms with Gasteiger partial charge in [-0.05, 0) is 45.4 Å². The van der Waals surface area contributed by atoms with E-state index in [1.807, 2.05) is 55.6 Å². The molecule has 0 fully saturated rings. The van der Waals surface area contributed by atoms with E-state index in [0.717, 1.165) is 35.7 Å². The van der Waals surface area contributed by atoms with E-state index in [2.05, 4.69) is 25.5 Å². The van der Waals surface area contributed by atoms with Crippen molar-refractivity contribution in [1.29, 1.82) is 0 Å². The summed E-state index contributed by atoms with van der Waals surface area (Å²) >= 11 is 1.38. The minimum absolute atomic E-state index is 0.0103. The molecule has 3 aromatic rings. The van der Waals surface area contributed by atoms with Crippen molar-refractivity contribution in [3.05, 3.63) is 47.7 Å². The van der Waals surface area contributed by atoms with E-state index in [0.29, 0.717) is 11.7 Å². The Labute approximate surface area is 156 Å². The molecule has 0 aliphatic carbocycles. The van der Waals surface area contributed by atoms with E-state index < -0.39 is 0 Å². The number of nitrogens with zero attached hydrogens (tertiary/aromatic N) is 5. The predicted octanol–water partition coefficient (Wildman–Crippen LogP) is 2.37. The van der Waals surface area contributed by atoms with Gasteiger partial charge >= 0.3 is 0 Å². The van der Waals surface area contributed by atoms with Gasteiger partial charge < -0.3 is 5.32 Å². The highest BCUT2D eigenvalue weighted by atomic mass is 32.2. The fourth-order valence-corrected chi connectivity index (χ4v) is 3.52. The maximum absolute atomic E-state index is 12.3. The highest BCUT2D eigenvalue weighted by Crippen LogP contribution is 2.20. The van der Waals surface area contributed by atoms with Crippen LogP contribution in [0.2, 0.25) is 0 Å². The average Bonchev–Trinajstić information content (AvgIpc) is 3.01. The molecule has 0 aliphatic heterocycles. The number of nitrogens with one attached hydrogen (secondary N) is 1. The van der Waals surface area contributed by atoms with Crippen molar-refractivity contribution in [2.45, 2.75) is 44.0 Å². The Morgan fingerprint density at radius 3 is 2.77 bits per heavy atom. The molecule has 0 aromatic carbocycles. The summed E-state index contributed by atoms with van der Waals surface area (Å²) in [5, 5.41) is 11.7. The van der Waals surface area contributed by atoms with E-state index in [9.17, 15) is 4.79 Å². The number of carbonyl (C=O) groups is 1. The molecule has 136 valence electrons. The first kappa shape index (κ1) is 18.3. The molecule has 0 saturated carbocycles. The number of aromatic nitrogens is 5. The second kappa shape index (κ2) is 8.27. The zero-order chi connectivity index (χ0) is 18.5. The number of fused-ring (bicyclic) bond motifs is 1. The quantitative estimate of drug-likeness (QED) is 0.390. The van der Waals surface area contributed by atoms with E-state index in [1.54, 1.807) is 0 Å². The third-order valence-electron chi connectivity index (χ3n) is 3.87. The molecular weight excluding hydrogens is 348 g/mol. The summed E-state index contributed by atoms with van der Waals surface area (Å²) in [5.74, 6) is 0.893. The van der Waals surface area contributed by atoms with Crippen LogP contribution in [0.1, 0.15) is 30.6 Å². The lowest BCUT2D eigenvalue weighted by Crippen LogP contribution is -2.32. The van der Waals surface area contributed by atoms with Crippen LogP contribution in [0.25, 0.3) is 5.65 Å². The number of amides is 1. The Balaban J connectivity index is 1.46. The highest BCUT2D eigenvalue weighted by molar-refractivity contribution is 8.00. The molecule has 1 unspecified atom stereocenters. The Hall–Kier alpha value is -2.48. The topological polar surface area (TPSA) is 85.1 Å². The van der Waals surface area contributed by atoms with Gasteiger partial charge in [0.05, 0.1) is 5.25 Å². The summed E-state index contributed by atoms with van der Waals surface area (Å²) < 4.78 is 1.97. The third-order valence-corrected chi connectivity index (χ3v) is 4.83. The Morgan fingerprint density at radius 2 is 2.00 bits per heavy atom. The molecule has 0 radical (unpaired) electrons. The van der Waals surface area contributed by atoms with Gasteiger partial charge in [0.15, 0.2) is 10.8 Å². The van der Waals surface area contributed by atoms with Crippen LogP contribution >= 0.6 is 11.8 Å². The fourth-order valence-electron chi connectivity index (χ4n) is 2.62. The summed E-state index contributed by atoms with van der Waals surface area (Å²) in [4.78, 5) is 21.0. The lowest BCUT2D eigenvalue weighted by atomic mass is 10.3. The summed E-state index contributed by atoms with van der Waals surface area (Å²) in [7, 11) is 0. The smallest absolute Gasteiger partial charge is 0.233 e. The molecular formula is C18H22N6OS. The Bertz CT molecular complexity index is 889. The van der Waals surface area contributed by atoms with Crippen molar-refractivity contribution in [1.82, 2.24) is 29.9 Å². The van der Waals surface area contributed by atoms with E-state index in [4.69, 9.17) is 0 Å². The minimum Gasteiger partial charge on any atom is -0.355 e. The lowest BCUT2D eigenvalue weighted by molar-refractivity contribution is -0.120. The molecule has 1 atom stereocenters. The number of hydrogen-bond donors (Lipinski definition) is 1. The van der Waals surface area contributed by atoms with Gasteiger partial charge in [-0.2, -0.15) is 0 Å². The van der Waals surface area contributed by atoms with Gasteiger partial charge in [0.1, 0.15) is 5.82 Å². The van der Waals surface area contributed by atoms with Gasteiger partial charge in [0, 0.05) is 30.6 Å². The van der Waals surface area contributed by atoms with Crippen LogP contribution in [0.3, 0.4) is 0 Å².